The van der Waals surface area contributed by atoms with E-state index in [-0.39, 0.29) is 0 Å². The fourth-order valence-electron chi connectivity index (χ4n) is 3.51. The predicted molar refractivity (Wildman–Crippen MR) is 129 cm³/mol. The largest absolute Gasteiger partial charge is 0.318 e. The Morgan fingerprint density at radius 2 is 1.81 bits per heavy atom. The van der Waals surface area contributed by atoms with Gasteiger partial charge in [0.2, 0.25) is 10.0 Å². The van der Waals surface area contributed by atoms with Crippen molar-refractivity contribution in [2.24, 2.45) is 5.10 Å². The third-order valence-corrected chi connectivity index (χ3v) is 6.35. The molecular weight excluding hydrogens is 448 g/mol. The van der Waals surface area contributed by atoms with Crippen LogP contribution in [0, 0.1) is 20.8 Å². The number of hydrazone groups is 1. The summed E-state index contributed by atoms with van der Waals surface area (Å²) in [6.45, 7) is 5.30. The van der Waals surface area contributed by atoms with E-state index in [1.54, 1.807) is 31.3 Å². The quantitative estimate of drug-likeness (QED) is 0.417. The fraction of sp³-hybridized carbons (Fsp3) is 0.217. The van der Waals surface area contributed by atoms with Crippen LogP contribution in [0.5, 0.6) is 0 Å². The van der Waals surface area contributed by atoms with Gasteiger partial charge in [-0.25, -0.2) is 13.8 Å². The van der Waals surface area contributed by atoms with E-state index in [4.69, 9.17) is 11.6 Å². The zero-order chi connectivity index (χ0) is 23.5. The summed E-state index contributed by atoms with van der Waals surface area (Å²) < 4.78 is 27.7. The van der Waals surface area contributed by atoms with E-state index in [2.05, 4.69) is 15.1 Å². The van der Waals surface area contributed by atoms with Gasteiger partial charge < -0.3 is 4.57 Å². The summed E-state index contributed by atoms with van der Waals surface area (Å²) in [6, 6.07) is 16.7. The summed E-state index contributed by atoms with van der Waals surface area (Å²) in [6.07, 6.45) is 2.61. The van der Waals surface area contributed by atoms with Crippen LogP contribution in [0.3, 0.4) is 0 Å². The maximum absolute atomic E-state index is 12.5. The van der Waals surface area contributed by atoms with Crippen molar-refractivity contribution in [1.29, 1.82) is 0 Å². The van der Waals surface area contributed by atoms with Crippen molar-refractivity contribution in [3.63, 3.8) is 0 Å². The standard InChI is InChI=1S/C23H25ClN4O3S/c1-16-12-20(24)10-11-22(16)27(32(4,30)31)15-23(29)26-25-14-19-13-17(2)28(18(19)3)21-8-6-5-7-9-21/h5-14H,15H2,1-4H3,(H,26,29)/b25-14+. The maximum atomic E-state index is 12.5. The molecular formula is C23H25ClN4O3S. The number of hydrogen-bond donors (Lipinski definition) is 1. The summed E-state index contributed by atoms with van der Waals surface area (Å²) in [5.74, 6) is -0.558. The average Bonchev–Trinajstić information content (AvgIpc) is 3.00. The molecule has 0 aliphatic rings. The SMILES string of the molecule is Cc1cc(Cl)ccc1N(CC(=O)N/N=C/c1cc(C)n(-c2ccccc2)c1C)S(C)(=O)=O. The molecule has 7 nitrogen and oxygen atoms in total. The number of rotatable bonds is 7. The number of para-hydroxylation sites is 1. The molecule has 168 valence electrons. The number of anilines is 1. The monoisotopic (exact) mass is 472 g/mol. The number of aryl methyl sites for hydroxylation is 2. The van der Waals surface area contributed by atoms with E-state index < -0.39 is 22.5 Å². The van der Waals surface area contributed by atoms with Crippen LogP contribution in [0.4, 0.5) is 5.69 Å². The molecule has 0 atom stereocenters. The van der Waals surface area contributed by atoms with Crippen LogP contribution in [-0.2, 0) is 14.8 Å². The second kappa shape index (κ2) is 9.58. The second-order valence-corrected chi connectivity index (χ2v) is 9.83. The second-order valence-electron chi connectivity index (χ2n) is 7.49. The third-order valence-electron chi connectivity index (χ3n) is 4.99. The molecule has 0 aliphatic heterocycles. The van der Waals surface area contributed by atoms with E-state index in [1.807, 2.05) is 50.2 Å². The van der Waals surface area contributed by atoms with Crippen LogP contribution in [0.25, 0.3) is 5.69 Å². The Morgan fingerprint density at radius 3 is 2.44 bits per heavy atom. The number of amides is 1. The lowest BCUT2D eigenvalue weighted by molar-refractivity contribution is -0.119. The van der Waals surface area contributed by atoms with E-state index in [0.29, 0.717) is 16.3 Å². The van der Waals surface area contributed by atoms with Crippen molar-refractivity contribution in [2.75, 3.05) is 17.1 Å². The van der Waals surface area contributed by atoms with Gasteiger partial charge in [-0.1, -0.05) is 29.8 Å². The molecule has 0 saturated heterocycles. The first-order valence-electron chi connectivity index (χ1n) is 9.88. The number of nitrogens with one attached hydrogen (secondary N) is 1. The van der Waals surface area contributed by atoms with Crippen molar-refractivity contribution in [2.45, 2.75) is 20.8 Å². The van der Waals surface area contributed by atoms with Crippen LogP contribution in [0.1, 0.15) is 22.5 Å². The third kappa shape index (κ3) is 5.38. The highest BCUT2D eigenvalue weighted by atomic mass is 35.5. The number of nitrogens with zero attached hydrogens (tertiary/aromatic N) is 3. The fourth-order valence-corrected chi connectivity index (χ4v) is 4.65. The number of benzene rings is 2. The number of aromatic nitrogens is 1. The van der Waals surface area contributed by atoms with Gasteiger partial charge in [-0.3, -0.25) is 9.10 Å². The summed E-state index contributed by atoms with van der Waals surface area (Å²) in [5, 5.41) is 4.52. The minimum atomic E-state index is -3.69. The Balaban J connectivity index is 1.75. The van der Waals surface area contributed by atoms with Gasteiger partial charge in [-0.2, -0.15) is 5.10 Å². The number of carbonyl (C=O) groups is 1. The van der Waals surface area contributed by atoms with Crippen molar-refractivity contribution < 1.29 is 13.2 Å². The molecule has 9 heteroatoms. The summed E-state index contributed by atoms with van der Waals surface area (Å²) >= 11 is 5.96. The van der Waals surface area contributed by atoms with Gasteiger partial charge >= 0.3 is 0 Å². The van der Waals surface area contributed by atoms with E-state index in [1.165, 1.54) is 0 Å². The first-order valence-corrected chi connectivity index (χ1v) is 12.1. The van der Waals surface area contributed by atoms with Gasteiger partial charge in [-0.05, 0) is 62.7 Å². The van der Waals surface area contributed by atoms with Crippen molar-refractivity contribution in [3.8, 4) is 5.69 Å². The first-order chi connectivity index (χ1) is 15.1. The average molecular weight is 473 g/mol. The minimum absolute atomic E-state index is 0.391. The molecule has 0 fully saturated rings. The molecule has 0 saturated carbocycles. The molecule has 0 spiro atoms. The summed E-state index contributed by atoms with van der Waals surface area (Å²) in [4.78, 5) is 12.5. The molecule has 2 aromatic carbocycles. The van der Waals surface area contributed by atoms with Crippen LogP contribution in [-0.4, -0.2) is 37.9 Å². The van der Waals surface area contributed by atoms with Crippen LogP contribution in [0.15, 0.2) is 59.7 Å². The predicted octanol–water partition coefficient (Wildman–Crippen LogP) is 3.97. The molecule has 0 bridgehead atoms. The highest BCUT2D eigenvalue weighted by molar-refractivity contribution is 7.92. The molecule has 1 N–H and O–H groups in total. The highest BCUT2D eigenvalue weighted by Crippen LogP contribution is 2.25. The molecule has 0 radical (unpaired) electrons. The lowest BCUT2D eigenvalue weighted by atomic mass is 10.2. The van der Waals surface area contributed by atoms with Crippen molar-refractivity contribution >= 4 is 39.4 Å². The molecule has 1 amide bonds. The first kappa shape index (κ1) is 23.6. The lowest BCUT2D eigenvalue weighted by Crippen LogP contribution is -2.39. The molecule has 1 heterocycles. The Hall–Kier alpha value is -3.10. The Labute approximate surface area is 193 Å². The lowest BCUT2D eigenvalue weighted by Gasteiger charge is -2.23. The van der Waals surface area contributed by atoms with Crippen LogP contribution < -0.4 is 9.73 Å². The molecule has 0 aliphatic carbocycles. The number of carbonyl (C=O) groups excluding carboxylic acids is 1. The number of sulfonamides is 1. The Bertz CT molecular complexity index is 1270. The van der Waals surface area contributed by atoms with E-state index >= 15 is 0 Å². The highest BCUT2D eigenvalue weighted by Gasteiger charge is 2.22. The van der Waals surface area contributed by atoms with Gasteiger partial charge in [0.25, 0.3) is 5.91 Å². The molecule has 32 heavy (non-hydrogen) atoms. The molecule has 1 aromatic heterocycles. The van der Waals surface area contributed by atoms with E-state index in [9.17, 15) is 13.2 Å². The maximum Gasteiger partial charge on any atom is 0.260 e. The topological polar surface area (TPSA) is 83.8 Å². The van der Waals surface area contributed by atoms with Crippen molar-refractivity contribution in [1.82, 2.24) is 9.99 Å². The Kier molecular flexibility index (Phi) is 7.06. The number of hydrogen-bond acceptors (Lipinski definition) is 4. The van der Waals surface area contributed by atoms with E-state index in [0.717, 1.165) is 33.2 Å². The zero-order valence-electron chi connectivity index (χ0n) is 18.3. The normalized spacial score (nSPS) is 11.7. The van der Waals surface area contributed by atoms with Gasteiger partial charge in [-0.15, -0.1) is 0 Å². The minimum Gasteiger partial charge on any atom is -0.318 e. The molecule has 3 rings (SSSR count). The van der Waals surface area contributed by atoms with Gasteiger partial charge in [0.15, 0.2) is 0 Å². The molecule has 0 unspecified atom stereocenters. The summed E-state index contributed by atoms with van der Waals surface area (Å²) in [7, 11) is -3.69. The smallest absolute Gasteiger partial charge is 0.260 e. The summed E-state index contributed by atoms with van der Waals surface area (Å²) in [5.41, 5.74) is 7.34. The van der Waals surface area contributed by atoms with Crippen molar-refractivity contribution in [3.05, 3.63) is 82.1 Å². The Morgan fingerprint density at radius 1 is 1.12 bits per heavy atom. The number of halogens is 1. The van der Waals surface area contributed by atoms with Crippen LogP contribution >= 0.6 is 11.6 Å². The molecule has 3 aromatic rings. The zero-order valence-corrected chi connectivity index (χ0v) is 19.9. The van der Waals surface area contributed by atoms with Crippen LogP contribution in [0.2, 0.25) is 5.02 Å². The van der Waals surface area contributed by atoms with Gasteiger partial charge in [0.1, 0.15) is 6.54 Å². The van der Waals surface area contributed by atoms with Gasteiger partial charge in [0.05, 0.1) is 18.2 Å². The van der Waals surface area contributed by atoms with Gasteiger partial charge in [0, 0.05) is 27.7 Å².